The Labute approximate surface area is 113 Å². The average Bonchev–Trinajstić information content (AvgIpc) is 2.94. The summed E-state index contributed by atoms with van der Waals surface area (Å²) in [6.07, 6.45) is 3.12. The van der Waals surface area contributed by atoms with Gasteiger partial charge >= 0.3 is 0 Å². The van der Waals surface area contributed by atoms with Crippen LogP contribution in [0.1, 0.15) is 29.3 Å². The number of anilines is 1. The van der Waals surface area contributed by atoms with Gasteiger partial charge in [-0.05, 0) is 23.6 Å². The third-order valence-corrected chi connectivity index (χ3v) is 3.81. The van der Waals surface area contributed by atoms with E-state index in [-0.39, 0.29) is 0 Å². The smallest absolute Gasteiger partial charge is 0.0666 e. The number of aromatic nitrogens is 2. The van der Waals surface area contributed by atoms with E-state index in [1.165, 1.54) is 22.4 Å². The summed E-state index contributed by atoms with van der Waals surface area (Å²) in [5.41, 5.74) is 12.2. The molecule has 0 spiro atoms. The number of aryl methyl sites for hydroxylation is 2. The highest BCUT2D eigenvalue weighted by Gasteiger charge is 2.21. The minimum atomic E-state index is 0.918. The Hall–Kier alpha value is -1.81. The van der Waals surface area contributed by atoms with Gasteiger partial charge in [0.05, 0.1) is 5.69 Å². The van der Waals surface area contributed by atoms with Crippen LogP contribution in [0.2, 0.25) is 0 Å². The van der Waals surface area contributed by atoms with Crippen LogP contribution in [-0.2, 0) is 33.1 Å². The molecule has 4 nitrogen and oxygen atoms in total. The predicted molar refractivity (Wildman–Crippen MR) is 76.4 cm³/mol. The van der Waals surface area contributed by atoms with E-state index in [4.69, 9.17) is 5.73 Å². The minimum Gasteiger partial charge on any atom is -0.398 e. The zero-order valence-corrected chi connectivity index (χ0v) is 11.6. The first-order chi connectivity index (χ1) is 9.17. The van der Waals surface area contributed by atoms with Crippen LogP contribution < -0.4 is 5.73 Å². The number of rotatable bonds is 3. The summed E-state index contributed by atoms with van der Waals surface area (Å²) in [5.74, 6) is 0. The number of nitrogens with zero attached hydrogens (tertiary/aromatic N) is 3. The van der Waals surface area contributed by atoms with Gasteiger partial charge in [0.25, 0.3) is 0 Å². The SMILES string of the molecule is CCc1nn(C)cc1CN1Cc2cccc(N)c2C1. The van der Waals surface area contributed by atoms with Crippen molar-refractivity contribution in [1.82, 2.24) is 14.7 Å². The van der Waals surface area contributed by atoms with Gasteiger partial charge in [0.15, 0.2) is 0 Å². The van der Waals surface area contributed by atoms with Gasteiger partial charge in [-0.15, -0.1) is 0 Å². The summed E-state index contributed by atoms with van der Waals surface area (Å²) in [6, 6.07) is 6.21. The summed E-state index contributed by atoms with van der Waals surface area (Å²) in [6.45, 7) is 5.03. The van der Waals surface area contributed by atoms with Crippen LogP contribution in [0.4, 0.5) is 5.69 Å². The largest absolute Gasteiger partial charge is 0.398 e. The third kappa shape index (κ3) is 2.24. The molecule has 1 aromatic heterocycles. The van der Waals surface area contributed by atoms with Crippen molar-refractivity contribution in [3.63, 3.8) is 0 Å². The molecule has 0 unspecified atom stereocenters. The van der Waals surface area contributed by atoms with E-state index >= 15 is 0 Å². The molecule has 0 fully saturated rings. The second kappa shape index (κ2) is 4.70. The number of nitrogens with two attached hydrogens (primary N) is 1. The summed E-state index contributed by atoms with van der Waals surface area (Å²) in [5, 5.41) is 4.50. The van der Waals surface area contributed by atoms with E-state index in [0.29, 0.717) is 0 Å². The van der Waals surface area contributed by atoms with Crippen LogP contribution in [0.5, 0.6) is 0 Å². The topological polar surface area (TPSA) is 47.1 Å². The molecule has 0 amide bonds. The fourth-order valence-corrected chi connectivity index (χ4v) is 2.88. The van der Waals surface area contributed by atoms with E-state index in [0.717, 1.165) is 31.7 Å². The normalized spacial score (nSPS) is 14.8. The molecule has 1 aliphatic heterocycles. The number of fused-ring (bicyclic) bond motifs is 1. The van der Waals surface area contributed by atoms with Gasteiger partial charge in [0.2, 0.25) is 0 Å². The Morgan fingerprint density at radius 1 is 1.32 bits per heavy atom. The highest BCUT2D eigenvalue weighted by Crippen LogP contribution is 2.28. The van der Waals surface area contributed by atoms with Crippen LogP contribution in [0, 0.1) is 0 Å². The molecule has 0 aliphatic carbocycles. The van der Waals surface area contributed by atoms with Gasteiger partial charge in [-0.2, -0.15) is 5.10 Å². The van der Waals surface area contributed by atoms with Crippen LogP contribution in [0.25, 0.3) is 0 Å². The van der Waals surface area contributed by atoms with Gasteiger partial charge in [-0.3, -0.25) is 9.58 Å². The first-order valence-electron chi connectivity index (χ1n) is 6.77. The minimum absolute atomic E-state index is 0.918. The van der Waals surface area contributed by atoms with Crippen molar-refractivity contribution in [3.05, 3.63) is 46.8 Å². The number of hydrogen-bond donors (Lipinski definition) is 1. The second-order valence-corrected chi connectivity index (χ2v) is 5.26. The van der Waals surface area contributed by atoms with Crippen LogP contribution in [0.3, 0.4) is 0 Å². The summed E-state index contributed by atoms with van der Waals surface area (Å²) < 4.78 is 1.91. The number of nitrogen functional groups attached to an aromatic ring is 1. The fraction of sp³-hybridized carbons (Fsp3) is 0.400. The molecule has 0 bridgehead atoms. The third-order valence-electron chi connectivity index (χ3n) is 3.81. The molecule has 0 atom stereocenters. The lowest BCUT2D eigenvalue weighted by Crippen LogP contribution is -2.16. The predicted octanol–water partition coefficient (Wildman–Crippen LogP) is 2.08. The van der Waals surface area contributed by atoms with Crippen molar-refractivity contribution in [2.75, 3.05) is 5.73 Å². The molecular formula is C15H20N4. The van der Waals surface area contributed by atoms with Crippen LogP contribution in [0.15, 0.2) is 24.4 Å². The first-order valence-corrected chi connectivity index (χ1v) is 6.77. The maximum Gasteiger partial charge on any atom is 0.0666 e. The lowest BCUT2D eigenvalue weighted by atomic mass is 10.1. The van der Waals surface area contributed by atoms with E-state index in [1.807, 2.05) is 23.9 Å². The van der Waals surface area contributed by atoms with E-state index in [2.05, 4.69) is 29.2 Å². The van der Waals surface area contributed by atoms with E-state index in [9.17, 15) is 0 Å². The summed E-state index contributed by atoms with van der Waals surface area (Å²) in [4.78, 5) is 2.43. The maximum absolute atomic E-state index is 6.04. The van der Waals surface area contributed by atoms with Crippen LogP contribution in [-0.4, -0.2) is 14.7 Å². The molecule has 1 aromatic carbocycles. The summed E-state index contributed by atoms with van der Waals surface area (Å²) in [7, 11) is 1.99. The lowest BCUT2D eigenvalue weighted by Gasteiger charge is -2.14. The van der Waals surface area contributed by atoms with Gasteiger partial charge < -0.3 is 5.73 Å². The average molecular weight is 256 g/mol. The van der Waals surface area contributed by atoms with Crippen molar-refractivity contribution in [3.8, 4) is 0 Å². The molecule has 2 aromatic rings. The van der Waals surface area contributed by atoms with E-state index < -0.39 is 0 Å². The monoisotopic (exact) mass is 256 g/mol. The molecule has 100 valence electrons. The molecule has 19 heavy (non-hydrogen) atoms. The lowest BCUT2D eigenvalue weighted by molar-refractivity contribution is 0.275. The molecular weight excluding hydrogens is 236 g/mol. The molecule has 2 heterocycles. The molecule has 4 heteroatoms. The molecule has 3 rings (SSSR count). The Kier molecular flexibility index (Phi) is 3.03. The Morgan fingerprint density at radius 3 is 2.89 bits per heavy atom. The van der Waals surface area contributed by atoms with Gasteiger partial charge in [-0.1, -0.05) is 19.1 Å². The van der Waals surface area contributed by atoms with Crippen molar-refractivity contribution in [2.45, 2.75) is 33.0 Å². The highest BCUT2D eigenvalue weighted by atomic mass is 15.3. The van der Waals surface area contributed by atoms with E-state index in [1.54, 1.807) is 0 Å². The quantitative estimate of drug-likeness (QED) is 0.855. The molecule has 2 N–H and O–H groups in total. The highest BCUT2D eigenvalue weighted by molar-refractivity contribution is 5.52. The molecule has 0 saturated heterocycles. The second-order valence-electron chi connectivity index (χ2n) is 5.26. The van der Waals surface area contributed by atoms with Crippen molar-refractivity contribution < 1.29 is 0 Å². The van der Waals surface area contributed by atoms with Crippen molar-refractivity contribution in [1.29, 1.82) is 0 Å². The van der Waals surface area contributed by atoms with Gasteiger partial charge in [-0.25, -0.2) is 0 Å². The summed E-state index contributed by atoms with van der Waals surface area (Å²) >= 11 is 0. The van der Waals surface area contributed by atoms with Gasteiger partial charge in [0, 0.05) is 44.1 Å². The zero-order valence-electron chi connectivity index (χ0n) is 11.6. The number of benzene rings is 1. The van der Waals surface area contributed by atoms with Gasteiger partial charge in [0.1, 0.15) is 0 Å². The van der Waals surface area contributed by atoms with Crippen molar-refractivity contribution >= 4 is 5.69 Å². The number of hydrogen-bond acceptors (Lipinski definition) is 3. The maximum atomic E-state index is 6.04. The van der Waals surface area contributed by atoms with Crippen molar-refractivity contribution in [2.24, 2.45) is 7.05 Å². The fourth-order valence-electron chi connectivity index (χ4n) is 2.88. The zero-order chi connectivity index (χ0) is 13.4. The molecule has 0 radical (unpaired) electrons. The van der Waals surface area contributed by atoms with Crippen LogP contribution >= 0.6 is 0 Å². The Morgan fingerprint density at radius 2 is 2.16 bits per heavy atom. The first kappa shape index (κ1) is 12.2. The molecule has 1 aliphatic rings. The standard InChI is InChI=1S/C15H20N4/c1-3-15-12(7-18(2)17-15)9-19-8-11-5-4-6-14(16)13(11)10-19/h4-7H,3,8-10,16H2,1-2H3. The Balaban J connectivity index is 1.78. The molecule has 0 saturated carbocycles. The Bertz CT molecular complexity index is 600.